The van der Waals surface area contributed by atoms with Crippen molar-refractivity contribution in [2.24, 2.45) is 0 Å². The monoisotopic (exact) mass is 146 g/mol. The summed E-state index contributed by atoms with van der Waals surface area (Å²) in [5.41, 5.74) is 0.552. The van der Waals surface area contributed by atoms with E-state index in [1.165, 1.54) is 0 Å². The number of ether oxygens (including phenoxy) is 1. The molecule has 0 aliphatic heterocycles. The van der Waals surface area contributed by atoms with Gasteiger partial charge in [-0.05, 0) is 19.1 Å². The molecule has 1 rings (SSSR count). The molecule has 0 saturated carbocycles. The molecular weight excluding hydrogens is 138 g/mol. The summed E-state index contributed by atoms with van der Waals surface area (Å²) in [6.07, 6.45) is 0. The predicted molar refractivity (Wildman–Crippen MR) is 42.0 cm³/mol. The number of nitriles is 1. The van der Waals surface area contributed by atoms with E-state index < -0.39 is 0 Å². The van der Waals surface area contributed by atoms with Crippen LogP contribution in [0.2, 0.25) is 0 Å². The van der Waals surface area contributed by atoms with Gasteiger partial charge in [-0.3, -0.25) is 0 Å². The molecule has 0 N–H and O–H groups in total. The first kappa shape index (κ1) is 7.62. The number of nitrogens with zero attached hydrogens (tertiary/aromatic N) is 1. The number of para-hydroxylation sites is 1. The highest BCUT2D eigenvalue weighted by Crippen LogP contribution is 2.15. The van der Waals surface area contributed by atoms with Crippen molar-refractivity contribution in [2.45, 2.75) is 0 Å². The molecule has 55 valence electrons. The van der Waals surface area contributed by atoms with Crippen LogP contribution in [0.4, 0.5) is 0 Å². The third-order valence-electron chi connectivity index (χ3n) is 1.27. The molecule has 0 atom stereocenters. The third kappa shape index (κ3) is 1.71. The largest absolute Gasteiger partial charge is 0.492 e. The fourth-order valence-electron chi connectivity index (χ4n) is 0.795. The summed E-state index contributed by atoms with van der Waals surface area (Å²) in [6.45, 7) is 3.87. The van der Waals surface area contributed by atoms with Gasteiger partial charge in [0.25, 0.3) is 0 Å². The maximum absolute atomic E-state index is 8.59. The van der Waals surface area contributed by atoms with Gasteiger partial charge in [-0.25, -0.2) is 0 Å². The van der Waals surface area contributed by atoms with Gasteiger partial charge < -0.3 is 4.74 Å². The molecule has 0 saturated heterocycles. The maximum atomic E-state index is 8.59. The van der Waals surface area contributed by atoms with E-state index >= 15 is 0 Å². The van der Waals surface area contributed by atoms with Crippen LogP contribution in [0, 0.1) is 18.3 Å². The Kier molecular flexibility index (Phi) is 2.51. The Balaban J connectivity index is 2.95. The van der Waals surface area contributed by atoms with Crippen LogP contribution in [0.5, 0.6) is 5.75 Å². The van der Waals surface area contributed by atoms with Gasteiger partial charge >= 0.3 is 0 Å². The number of rotatable bonds is 2. The number of hydrogen-bond acceptors (Lipinski definition) is 2. The Morgan fingerprint density at radius 2 is 2.18 bits per heavy atom. The SMILES string of the molecule is [CH2]COc1ccccc1C#N. The molecule has 0 fully saturated rings. The molecule has 2 nitrogen and oxygen atoms in total. The molecule has 0 heterocycles. The molecule has 0 bridgehead atoms. The van der Waals surface area contributed by atoms with Crippen LogP contribution in [0.25, 0.3) is 0 Å². The van der Waals surface area contributed by atoms with Crippen LogP contribution >= 0.6 is 0 Å². The quantitative estimate of drug-likeness (QED) is 0.637. The summed E-state index contributed by atoms with van der Waals surface area (Å²) in [4.78, 5) is 0. The second kappa shape index (κ2) is 3.62. The molecule has 0 unspecified atom stereocenters. The summed E-state index contributed by atoms with van der Waals surface area (Å²) in [5, 5.41) is 8.59. The van der Waals surface area contributed by atoms with Crippen LogP contribution in [0.15, 0.2) is 24.3 Å². The smallest absolute Gasteiger partial charge is 0.137 e. The molecule has 0 spiro atoms. The van der Waals surface area contributed by atoms with Crippen molar-refractivity contribution >= 4 is 0 Å². The first-order valence-electron chi connectivity index (χ1n) is 3.29. The van der Waals surface area contributed by atoms with Gasteiger partial charge in [0, 0.05) is 0 Å². The third-order valence-corrected chi connectivity index (χ3v) is 1.27. The second-order valence-electron chi connectivity index (χ2n) is 1.96. The molecule has 0 aromatic heterocycles. The predicted octanol–water partition coefficient (Wildman–Crippen LogP) is 1.77. The molecule has 1 aromatic rings. The van der Waals surface area contributed by atoms with Gasteiger partial charge in [-0.15, -0.1) is 0 Å². The fraction of sp³-hybridized carbons (Fsp3) is 0.111. The molecular formula is C9H8NO. The van der Waals surface area contributed by atoms with Crippen LogP contribution in [0.1, 0.15) is 5.56 Å². The minimum Gasteiger partial charge on any atom is -0.492 e. The van der Waals surface area contributed by atoms with Crippen molar-refractivity contribution in [1.82, 2.24) is 0 Å². The Morgan fingerprint density at radius 3 is 2.82 bits per heavy atom. The molecule has 11 heavy (non-hydrogen) atoms. The van der Waals surface area contributed by atoms with E-state index in [0.717, 1.165) is 0 Å². The van der Waals surface area contributed by atoms with E-state index in [-0.39, 0.29) is 0 Å². The van der Waals surface area contributed by atoms with Crippen molar-refractivity contribution < 1.29 is 4.74 Å². The highest BCUT2D eigenvalue weighted by atomic mass is 16.5. The lowest BCUT2D eigenvalue weighted by molar-refractivity contribution is 0.360. The summed E-state index contributed by atoms with van der Waals surface area (Å²) >= 11 is 0. The minimum atomic E-state index is 0.346. The topological polar surface area (TPSA) is 33.0 Å². The van der Waals surface area contributed by atoms with Gasteiger partial charge in [0.1, 0.15) is 11.8 Å². The van der Waals surface area contributed by atoms with Crippen LogP contribution in [-0.4, -0.2) is 6.61 Å². The Morgan fingerprint density at radius 1 is 1.45 bits per heavy atom. The van der Waals surface area contributed by atoms with E-state index in [1.807, 2.05) is 12.1 Å². The minimum absolute atomic E-state index is 0.346. The number of benzene rings is 1. The van der Waals surface area contributed by atoms with E-state index in [2.05, 4.69) is 6.92 Å². The lowest BCUT2D eigenvalue weighted by Crippen LogP contribution is -1.93. The first-order chi connectivity index (χ1) is 5.38. The number of hydrogen-bond donors (Lipinski definition) is 0. The van der Waals surface area contributed by atoms with Gasteiger partial charge in [-0.2, -0.15) is 5.26 Å². The van der Waals surface area contributed by atoms with Crippen molar-refractivity contribution in [3.63, 3.8) is 0 Å². The highest BCUT2D eigenvalue weighted by molar-refractivity contribution is 5.42. The Bertz CT molecular complexity index is 275. The standard InChI is InChI=1S/C9H8NO/c1-2-11-9-6-4-3-5-8(9)7-10/h3-6H,1-2H2. The molecule has 1 aromatic carbocycles. The molecule has 1 radical (unpaired) electrons. The molecule has 2 heteroatoms. The van der Waals surface area contributed by atoms with Gasteiger partial charge in [0.2, 0.25) is 0 Å². The van der Waals surface area contributed by atoms with Gasteiger partial charge in [0.15, 0.2) is 0 Å². The van der Waals surface area contributed by atoms with Gasteiger partial charge in [-0.1, -0.05) is 12.1 Å². The molecule has 0 amide bonds. The molecule has 0 aliphatic carbocycles. The lowest BCUT2D eigenvalue weighted by atomic mass is 10.2. The first-order valence-corrected chi connectivity index (χ1v) is 3.29. The van der Waals surface area contributed by atoms with Crippen molar-refractivity contribution in [2.75, 3.05) is 6.61 Å². The zero-order valence-corrected chi connectivity index (χ0v) is 6.08. The fourth-order valence-corrected chi connectivity index (χ4v) is 0.795. The van der Waals surface area contributed by atoms with E-state index in [0.29, 0.717) is 17.9 Å². The van der Waals surface area contributed by atoms with Crippen LogP contribution < -0.4 is 4.74 Å². The lowest BCUT2D eigenvalue weighted by Gasteiger charge is -2.02. The summed E-state index contributed by atoms with van der Waals surface area (Å²) in [6, 6.07) is 9.12. The average molecular weight is 146 g/mol. The zero-order valence-electron chi connectivity index (χ0n) is 6.08. The second-order valence-corrected chi connectivity index (χ2v) is 1.96. The van der Waals surface area contributed by atoms with Crippen LogP contribution in [0.3, 0.4) is 0 Å². The zero-order chi connectivity index (χ0) is 8.10. The summed E-state index contributed by atoms with van der Waals surface area (Å²) in [5.74, 6) is 0.602. The van der Waals surface area contributed by atoms with E-state index in [9.17, 15) is 0 Å². The average Bonchev–Trinajstić information content (AvgIpc) is 2.06. The van der Waals surface area contributed by atoms with Crippen molar-refractivity contribution in [3.05, 3.63) is 36.8 Å². The van der Waals surface area contributed by atoms with E-state index in [1.54, 1.807) is 18.2 Å². The Hall–Kier alpha value is -1.49. The summed E-state index contributed by atoms with van der Waals surface area (Å²) < 4.78 is 5.09. The van der Waals surface area contributed by atoms with Gasteiger partial charge in [0.05, 0.1) is 12.2 Å². The normalized spacial score (nSPS) is 8.73. The summed E-state index contributed by atoms with van der Waals surface area (Å²) in [7, 11) is 0. The van der Waals surface area contributed by atoms with Crippen molar-refractivity contribution in [1.29, 1.82) is 5.26 Å². The maximum Gasteiger partial charge on any atom is 0.137 e. The van der Waals surface area contributed by atoms with Crippen molar-refractivity contribution in [3.8, 4) is 11.8 Å². The van der Waals surface area contributed by atoms with E-state index in [4.69, 9.17) is 10.00 Å². The molecule has 0 aliphatic rings. The van der Waals surface area contributed by atoms with Crippen LogP contribution in [-0.2, 0) is 0 Å². The highest BCUT2D eigenvalue weighted by Gasteiger charge is 1.98. The Labute approximate surface area is 66.0 Å².